The highest BCUT2D eigenvalue weighted by Crippen LogP contribution is 2.63. The SMILES string of the molecule is C=CCN(C(=O)C1N([C@@H](CO)C(C)C)C(=O)[C@@H]2[C@@H](C(=O)O)[C@@]3(C)CCC12O3)c1ccc(N(CC)CC)cc1. The third-order valence-corrected chi connectivity index (χ3v) is 8.90. The number of carbonyl (C=O) groups is 3. The maximum atomic E-state index is 14.5. The lowest BCUT2D eigenvalue weighted by Gasteiger charge is -2.40. The summed E-state index contributed by atoms with van der Waals surface area (Å²) in [6, 6.07) is 5.98. The number of nitrogens with zero attached hydrogens (tertiary/aromatic N) is 3. The van der Waals surface area contributed by atoms with Crippen molar-refractivity contribution in [2.45, 2.75) is 70.7 Å². The molecule has 2 bridgehead atoms. The van der Waals surface area contributed by atoms with Gasteiger partial charge in [-0.1, -0.05) is 19.9 Å². The van der Waals surface area contributed by atoms with E-state index in [1.54, 1.807) is 17.9 Å². The third kappa shape index (κ3) is 4.11. The number of likely N-dealkylation sites (tertiary alicyclic amines) is 1. The van der Waals surface area contributed by atoms with Crippen LogP contribution in [-0.4, -0.2) is 82.4 Å². The van der Waals surface area contributed by atoms with Gasteiger partial charge < -0.3 is 29.6 Å². The first-order valence-electron chi connectivity index (χ1n) is 13.6. The number of carbonyl (C=O) groups excluding carboxylic acids is 2. The van der Waals surface area contributed by atoms with Crippen molar-refractivity contribution in [3.63, 3.8) is 0 Å². The molecule has 2 N–H and O–H groups in total. The van der Waals surface area contributed by atoms with Crippen molar-refractivity contribution in [2.75, 3.05) is 36.0 Å². The van der Waals surface area contributed by atoms with Crippen LogP contribution in [-0.2, 0) is 19.1 Å². The molecule has 0 radical (unpaired) electrons. The molecule has 208 valence electrons. The monoisotopic (exact) mass is 527 g/mol. The molecule has 9 nitrogen and oxygen atoms in total. The molecule has 2 unspecified atom stereocenters. The summed E-state index contributed by atoms with van der Waals surface area (Å²) in [5, 5.41) is 20.5. The van der Waals surface area contributed by atoms with Gasteiger partial charge in [-0.25, -0.2) is 0 Å². The average molecular weight is 528 g/mol. The summed E-state index contributed by atoms with van der Waals surface area (Å²) in [5.41, 5.74) is -0.611. The highest BCUT2D eigenvalue weighted by atomic mass is 16.5. The molecule has 1 spiro atoms. The second-order valence-electron chi connectivity index (χ2n) is 11.2. The number of amides is 2. The molecule has 3 saturated heterocycles. The average Bonchev–Trinajstić information content (AvgIpc) is 3.45. The van der Waals surface area contributed by atoms with Gasteiger partial charge in [0.2, 0.25) is 5.91 Å². The smallest absolute Gasteiger partial charge is 0.310 e. The minimum absolute atomic E-state index is 0.160. The van der Waals surface area contributed by atoms with E-state index in [2.05, 4.69) is 25.3 Å². The summed E-state index contributed by atoms with van der Waals surface area (Å²) >= 11 is 0. The molecule has 1 aromatic carbocycles. The van der Waals surface area contributed by atoms with E-state index in [9.17, 15) is 24.6 Å². The van der Waals surface area contributed by atoms with Gasteiger partial charge in [0.1, 0.15) is 11.6 Å². The number of aliphatic hydroxyl groups excluding tert-OH is 1. The van der Waals surface area contributed by atoms with Crippen molar-refractivity contribution in [3.8, 4) is 0 Å². The van der Waals surface area contributed by atoms with Crippen molar-refractivity contribution in [1.29, 1.82) is 0 Å². The van der Waals surface area contributed by atoms with Gasteiger partial charge in [-0.3, -0.25) is 14.4 Å². The fraction of sp³-hybridized carbons (Fsp3) is 0.621. The predicted octanol–water partition coefficient (Wildman–Crippen LogP) is 2.92. The summed E-state index contributed by atoms with van der Waals surface area (Å²) in [4.78, 5) is 46.2. The van der Waals surface area contributed by atoms with Crippen LogP contribution in [0.15, 0.2) is 36.9 Å². The van der Waals surface area contributed by atoms with Crippen LogP contribution in [0.2, 0.25) is 0 Å². The highest BCUT2D eigenvalue weighted by Gasteiger charge is 2.79. The standard InChI is InChI=1S/C29H41N3O6/c1-7-16-31(20-12-10-19(11-13-20)30(8-2)9-3)26(35)24-29-15-14-28(6,38-29)23(27(36)37)22(29)25(34)32(24)21(17-33)18(4)5/h7,10-13,18,21-24,33H,1,8-9,14-17H2,2-6H3,(H,36,37)/t21-,22-,23-,24?,28+,29?/m0/s1. The Labute approximate surface area is 225 Å². The number of hydrogen-bond donors (Lipinski definition) is 2. The quantitative estimate of drug-likeness (QED) is 0.426. The molecule has 4 rings (SSSR count). The van der Waals surface area contributed by atoms with Crippen LogP contribution in [0.25, 0.3) is 0 Å². The Morgan fingerprint density at radius 1 is 1.18 bits per heavy atom. The normalized spacial score (nSPS) is 30.4. The van der Waals surface area contributed by atoms with Crippen molar-refractivity contribution in [3.05, 3.63) is 36.9 Å². The van der Waals surface area contributed by atoms with Gasteiger partial charge >= 0.3 is 5.97 Å². The van der Waals surface area contributed by atoms with Gasteiger partial charge in [0.05, 0.1) is 30.1 Å². The number of rotatable bonds is 11. The third-order valence-electron chi connectivity index (χ3n) is 8.90. The number of aliphatic hydroxyl groups is 1. The molecular weight excluding hydrogens is 486 g/mol. The number of fused-ring (bicyclic) bond motifs is 1. The van der Waals surface area contributed by atoms with E-state index in [4.69, 9.17) is 4.74 Å². The zero-order valence-electron chi connectivity index (χ0n) is 23.1. The molecule has 2 amide bonds. The van der Waals surface area contributed by atoms with E-state index in [-0.39, 0.29) is 25.0 Å². The summed E-state index contributed by atoms with van der Waals surface area (Å²) in [7, 11) is 0. The molecular formula is C29H41N3O6. The molecule has 0 saturated carbocycles. The first kappa shape index (κ1) is 28.1. The molecule has 3 aliphatic rings. The Hall–Kier alpha value is -2.91. The highest BCUT2D eigenvalue weighted by molar-refractivity contribution is 6.05. The largest absolute Gasteiger partial charge is 0.481 e. The Bertz CT molecular complexity index is 1090. The summed E-state index contributed by atoms with van der Waals surface area (Å²) in [6.45, 7) is 15.1. The van der Waals surface area contributed by atoms with Crippen molar-refractivity contribution in [2.24, 2.45) is 17.8 Å². The van der Waals surface area contributed by atoms with E-state index in [1.165, 1.54) is 4.90 Å². The predicted molar refractivity (Wildman–Crippen MR) is 145 cm³/mol. The first-order chi connectivity index (χ1) is 18.0. The summed E-state index contributed by atoms with van der Waals surface area (Å²) in [6.07, 6.45) is 2.47. The van der Waals surface area contributed by atoms with Gasteiger partial charge in [-0.15, -0.1) is 6.58 Å². The molecule has 3 heterocycles. The van der Waals surface area contributed by atoms with Crippen LogP contribution in [0.5, 0.6) is 0 Å². The van der Waals surface area contributed by atoms with Gasteiger partial charge in [0, 0.05) is 31.0 Å². The zero-order chi connectivity index (χ0) is 28.0. The fourth-order valence-corrected chi connectivity index (χ4v) is 7.03. The van der Waals surface area contributed by atoms with Crippen LogP contribution in [0, 0.1) is 17.8 Å². The maximum absolute atomic E-state index is 14.5. The van der Waals surface area contributed by atoms with Crippen molar-refractivity contribution < 1.29 is 29.3 Å². The Kier molecular flexibility index (Phi) is 7.65. The second kappa shape index (κ2) is 10.3. The molecule has 0 aromatic heterocycles. The van der Waals surface area contributed by atoms with Crippen LogP contribution in [0.4, 0.5) is 11.4 Å². The lowest BCUT2D eigenvalue weighted by atomic mass is 9.66. The van der Waals surface area contributed by atoms with E-state index in [0.29, 0.717) is 18.5 Å². The second-order valence-corrected chi connectivity index (χ2v) is 11.2. The number of carboxylic acid groups (broad SMARTS) is 1. The van der Waals surface area contributed by atoms with E-state index in [1.807, 2.05) is 38.1 Å². The Balaban J connectivity index is 1.81. The number of carboxylic acids is 1. The molecule has 3 fully saturated rings. The van der Waals surface area contributed by atoms with Gasteiger partial charge in [0.15, 0.2) is 0 Å². The minimum Gasteiger partial charge on any atom is -0.481 e. The first-order valence-corrected chi connectivity index (χ1v) is 13.6. The van der Waals surface area contributed by atoms with Crippen molar-refractivity contribution >= 4 is 29.2 Å². The van der Waals surface area contributed by atoms with Gasteiger partial charge in [-0.05, 0) is 63.8 Å². The number of aliphatic carboxylic acids is 1. The number of benzene rings is 1. The number of hydrogen-bond acceptors (Lipinski definition) is 6. The molecule has 3 aliphatic heterocycles. The summed E-state index contributed by atoms with van der Waals surface area (Å²) in [5.74, 6) is -4.09. The van der Waals surface area contributed by atoms with Gasteiger partial charge in [0.25, 0.3) is 5.91 Å². The van der Waals surface area contributed by atoms with E-state index < -0.39 is 47.0 Å². The topological polar surface area (TPSA) is 111 Å². The molecule has 0 aliphatic carbocycles. The zero-order valence-corrected chi connectivity index (χ0v) is 23.1. The fourth-order valence-electron chi connectivity index (χ4n) is 7.03. The Morgan fingerprint density at radius 2 is 1.79 bits per heavy atom. The number of anilines is 2. The molecule has 9 heteroatoms. The number of ether oxygens (including phenoxy) is 1. The molecule has 6 atom stereocenters. The maximum Gasteiger partial charge on any atom is 0.310 e. The van der Waals surface area contributed by atoms with E-state index >= 15 is 0 Å². The van der Waals surface area contributed by atoms with Gasteiger partial charge in [-0.2, -0.15) is 0 Å². The van der Waals surface area contributed by atoms with E-state index in [0.717, 1.165) is 18.8 Å². The molecule has 38 heavy (non-hydrogen) atoms. The van der Waals surface area contributed by atoms with Crippen molar-refractivity contribution in [1.82, 2.24) is 4.90 Å². The van der Waals surface area contributed by atoms with Crippen LogP contribution in [0.1, 0.15) is 47.5 Å². The minimum atomic E-state index is -1.27. The lowest BCUT2D eigenvalue weighted by Crippen LogP contribution is -2.60. The molecule has 1 aromatic rings. The van der Waals surface area contributed by atoms with Crippen LogP contribution in [0.3, 0.4) is 0 Å². The Morgan fingerprint density at radius 3 is 2.29 bits per heavy atom. The van der Waals surface area contributed by atoms with Crippen LogP contribution >= 0.6 is 0 Å². The van der Waals surface area contributed by atoms with Crippen LogP contribution < -0.4 is 9.80 Å². The lowest BCUT2D eigenvalue weighted by molar-refractivity contribution is -0.156. The summed E-state index contributed by atoms with van der Waals surface area (Å²) < 4.78 is 6.49.